The van der Waals surface area contributed by atoms with Crippen LogP contribution >= 0.6 is 12.4 Å². The van der Waals surface area contributed by atoms with E-state index in [4.69, 9.17) is 0 Å². The minimum Gasteiger partial charge on any atom is -0.344 e. The van der Waals surface area contributed by atoms with Crippen LogP contribution in [0.1, 0.15) is 31.2 Å². The number of rotatable bonds is 5. The molecule has 2 atom stereocenters. The summed E-state index contributed by atoms with van der Waals surface area (Å²) in [4.78, 5) is 26.3. The minimum atomic E-state index is -0.370. The van der Waals surface area contributed by atoms with Crippen molar-refractivity contribution in [3.8, 4) is 0 Å². The highest BCUT2D eigenvalue weighted by molar-refractivity contribution is 6.01. The van der Waals surface area contributed by atoms with Crippen molar-refractivity contribution in [2.75, 3.05) is 24.5 Å². The van der Waals surface area contributed by atoms with E-state index in [2.05, 4.69) is 10.6 Å². The number of benzene rings is 1. The van der Waals surface area contributed by atoms with Crippen LogP contribution in [0.4, 0.5) is 5.69 Å². The largest absolute Gasteiger partial charge is 0.344 e. The first kappa shape index (κ1) is 18.7. The number of hydrogen-bond acceptors (Lipinski definition) is 3. The van der Waals surface area contributed by atoms with Crippen molar-refractivity contribution in [2.24, 2.45) is 5.92 Å². The van der Waals surface area contributed by atoms with E-state index in [1.165, 1.54) is 5.56 Å². The number of anilines is 1. The molecule has 3 rings (SSSR count). The zero-order valence-corrected chi connectivity index (χ0v) is 14.9. The summed E-state index contributed by atoms with van der Waals surface area (Å²) in [6.45, 7) is 4.76. The minimum absolute atomic E-state index is 0. The number of nitrogens with one attached hydrogen (secondary N) is 2. The average Bonchev–Trinajstić information content (AvgIpc) is 3.18. The second-order valence-corrected chi connectivity index (χ2v) is 6.63. The molecule has 2 amide bonds. The van der Waals surface area contributed by atoms with Crippen LogP contribution in [0, 0.1) is 12.8 Å². The van der Waals surface area contributed by atoms with Crippen molar-refractivity contribution in [1.82, 2.24) is 10.6 Å². The lowest BCUT2D eigenvalue weighted by Gasteiger charge is -2.17. The van der Waals surface area contributed by atoms with Crippen LogP contribution in [0.15, 0.2) is 24.3 Å². The molecular formula is C18H26ClN3O2. The molecular weight excluding hydrogens is 326 g/mol. The summed E-state index contributed by atoms with van der Waals surface area (Å²) < 4.78 is 0. The molecule has 0 spiro atoms. The molecule has 132 valence electrons. The highest BCUT2D eigenvalue weighted by Gasteiger charge is 2.33. The molecule has 1 aromatic rings. The van der Waals surface area contributed by atoms with Crippen LogP contribution in [0.5, 0.6) is 0 Å². The summed E-state index contributed by atoms with van der Waals surface area (Å²) in [6.07, 6.45) is 3.25. The third kappa shape index (κ3) is 4.48. The van der Waals surface area contributed by atoms with Crippen LogP contribution in [0.2, 0.25) is 0 Å². The smallest absolute Gasteiger partial charge is 0.249 e. The zero-order valence-electron chi connectivity index (χ0n) is 14.1. The van der Waals surface area contributed by atoms with Crippen LogP contribution < -0.4 is 15.5 Å². The Morgan fingerprint density at radius 3 is 2.71 bits per heavy atom. The summed E-state index contributed by atoms with van der Waals surface area (Å²) in [5.41, 5.74) is 2.08. The fourth-order valence-electron chi connectivity index (χ4n) is 3.36. The monoisotopic (exact) mass is 351 g/mol. The molecule has 2 aliphatic rings. The lowest BCUT2D eigenvalue weighted by Crippen LogP contribution is -2.41. The molecule has 0 saturated carbocycles. The first-order valence-electron chi connectivity index (χ1n) is 8.51. The molecule has 2 aliphatic heterocycles. The van der Waals surface area contributed by atoms with E-state index < -0.39 is 0 Å². The van der Waals surface area contributed by atoms with Gasteiger partial charge in [0.25, 0.3) is 0 Å². The Morgan fingerprint density at radius 2 is 2.04 bits per heavy atom. The van der Waals surface area contributed by atoms with Gasteiger partial charge < -0.3 is 15.5 Å². The van der Waals surface area contributed by atoms with Gasteiger partial charge in [0.05, 0.1) is 0 Å². The normalized spacial score (nSPS) is 23.2. The predicted molar refractivity (Wildman–Crippen MR) is 97.5 cm³/mol. The number of nitrogens with zero attached hydrogens (tertiary/aromatic N) is 1. The molecule has 2 N–H and O–H groups in total. The first-order chi connectivity index (χ1) is 11.1. The van der Waals surface area contributed by atoms with E-state index in [0.717, 1.165) is 31.6 Å². The number of amides is 2. The molecule has 2 heterocycles. The predicted octanol–water partition coefficient (Wildman–Crippen LogP) is 2.03. The summed E-state index contributed by atoms with van der Waals surface area (Å²) in [5.74, 6) is 0.606. The number of halogens is 1. The molecule has 0 radical (unpaired) electrons. The number of hydrogen-bond donors (Lipinski definition) is 2. The fraction of sp³-hybridized carbons (Fsp3) is 0.556. The van der Waals surface area contributed by atoms with Crippen LogP contribution in [-0.4, -0.2) is 37.5 Å². The molecule has 1 aromatic carbocycles. The Kier molecular flexibility index (Phi) is 6.63. The van der Waals surface area contributed by atoms with Crippen molar-refractivity contribution < 1.29 is 9.59 Å². The average molecular weight is 352 g/mol. The van der Waals surface area contributed by atoms with E-state index in [1.54, 1.807) is 4.90 Å². The second kappa shape index (κ2) is 8.49. The lowest BCUT2D eigenvalue weighted by molar-refractivity contribution is -0.126. The molecule has 2 unspecified atom stereocenters. The standard InChI is InChI=1S/C18H25N3O2.ClH/c1-13-2-5-15(6-3-13)21-11-9-16(18(21)23)20-17(22)7-4-14-8-10-19-12-14;/h2-3,5-6,14,16,19H,4,7-12H2,1H3,(H,20,22);1H. The van der Waals surface area contributed by atoms with E-state index >= 15 is 0 Å². The lowest BCUT2D eigenvalue weighted by atomic mass is 10.0. The summed E-state index contributed by atoms with van der Waals surface area (Å²) in [6, 6.07) is 7.56. The van der Waals surface area contributed by atoms with E-state index in [-0.39, 0.29) is 30.3 Å². The Morgan fingerprint density at radius 1 is 1.29 bits per heavy atom. The number of carbonyl (C=O) groups excluding carboxylic acids is 2. The maximum Gasteiger partial charge on any atom is 0.249 e. The van der Waals surface area contributed by atoms with E-state index in [0.29, 0.717) is 25.3 Å². The van der Waals surface area contributed by atoms with Crippen molar-refractivity contribution in [3.63, 3.8) is 0 Å². The maximum absolute atomic E-state index is 12.5. The maximum atomic E-state index is 12.5. The fourth-order valence-corrected chi connectivity index (χ4v) is 3.36. The van der Waals surface area contributed by atoms with Gasteiger partial charge >= 0.3 is 0 Å². The molecule has 0 aliphatic carbocycles. The van der Waals surface area contributed by atoms with Crippen molar-refractivity contribution in [1.29, 1.82) is 0 Å². The topological polar surface area (TPSA) is 61.4 Å². The van der Waals surface area contributed by atoms with Crippen LogP contribution in [-0.2, 0) is 9.59 Å². The molecule has 0 bridgehead atoms. The Labute approximate surface area is 149 Å². The molecule has 2 saturated heterocycles. The highest BCUT2D eigenvalue weighted by Crippen LogP contribution is 2.22. The van der Waals surface area contributed by atoms with Gasteiger partial charge in [-0.1, -0.05) is 17.7 Å². The van der Waals surface area contributed by atoms with Gasteiger partial charge in [-0.25, -0.2) is 0 Å². The molecule has 5 nitrogen and oxygen atoms in total. The zero-order chi connectivity index (χ0) is 16.2. The summed E-state index contributed by atoms with van der Waals surface area (Å²) in [5, 5.41) is 6.22. The highest BCUT2D eigenvalue weighted by atomic mass is 35.5. The van der Waals surface area contributed by atoms with Gasteiger partial charge in [-0.3, -0.25) is 9.59 Å². The molecule has 0 aromatic heterocycles. The third-order valence-electron chi connectivity index (χ3n) is 4.83. The Hall–Kier alpha value is -1.59. The molecule has 24 heavy (non-hydrogen) atoms. The van der Waals surface area contributed by atoms with Crippen molar-refractivity contribution >= 4 is 29.9 Å². The Balaban J connectivity index is 0.00000208. The Bertz CT molecular complexity index is 570. The molecule has 6 heteroatoms. The van der Waals surface area contributed by atoms with Gasteiger partial charge in [0.15, 0.2) is 0 Å². The number of carbonyl (C=O) groups is 2. The van der Waals surface area contributed by atoms with Gasteiger partial charge in [-0.05, 0) is 57.3 Å². The SMILES string of the molecule is Cc1ccc(N2CCC(NC(=O)CCC3CCNC3)C2=O)cc1.Cl. The third-order valence-corrected chi connectivity index (χ3v) is 4.83. The van der Waals surface area contributed by atoms with Crippen LogP contribution in [0.25, 0.3) is 0 Å². The van der Waals surface area contributed by atoms with E-state index in [9.17, 15) is 9.59 Å². The summed E-state index contributed by atoms with van der Waals surface area (Å²) in [7, 11) is 0. The van der Waals surface area contributed by atoms with Gasteiger partial charge in [-0.2, -0.15) is 0 Å². The van der Waals surface area contributed by atoms with Gasteiger partial charge in [0, 0.05) is 18.7 Å². The summed E-state index contributed by atoms with van der Waals surface area (Å²) >= 11 is 0. The quantitative estimate of drug-likeness (QED) is 0.853. The first-order valence-corrected chi connectivity index (χ1v) is 8.51. The van der Waals surface area contributed by atoms with Gasteiger partial charge in [0.2, 0.25) is 11.8 Å². The van der Waals surface area contributed by atoms with Crippen molar-refractivity contribution in [3.05, 3.63) is 29.8 Å². The van der Waals surface area contributed by atoms with E-state index in [1.807, 2.05) is 31.2 Å². The number of aryl methyl sites for hydroxylation is 1. The van der Waals surface area contributed by atoms with Gasteiger partial charge in [-0.15, -0.1) is 12.4 Å². The van der Waals surface area contributed by atoms with Gasteiger partial charge in [0.1, 0.15) is 6.04 Å². The second-order valence-electron chi connectivity index (χ2n) is 6.63. The van der Waals surface area contributed by atoms with Crippen molar-refractivity contribution in [2.45, 2.75) is 38.6 Å². The van der Waals surface area contributed by atoms with Crippen LogP contribution in [0.3, 0.4) is 0 Å². The molecule has 2 fully saturated rings.